The smallest absolute Gasteiger partial charge is 0.125 e. The maximum absolute atomic E-state index is 13.3. The van der Waals surface area contributed by atoms with Crippen LogP contribution >= 0.6 is 0 Å². The zero-order valence-electron chi connectivity index (χ0n) is 12.2. The number of nitrogens with zero attached hydrogens (tertiary/aromatic N) is 1. The molecule has 1 rings (SSSR count). The summed E-state index contributed by atoms with van der Waals surface area (Å²) >= 11 is 0. The second-order valence-corrected chi connectivity index (χ2v) is 4.57. The van der Waals surface area contributed by atoms with E-state index in [1.54, 1.807) is 19.2 Å². The Morgan fingerprint density at radius 3 is 2.65 bits per heavy atom. The summed E-state index contributed by atoms with van der Waals surface area (Å²) in [6.45, 7) is 4.20. The molecule has 5 heteroatoms. The molecule has 0 aliphatic carbocycles. The van der Waals surface area contributed by atoms with E-state index in [0.717, 1.165) is 31.6 Å². The fraction of sp³-hybridized carbons (Fsp3) is 0.600. The molecule has 20 heavy (non-hydrogen) atoms. The van der Waals surface area contributed by atoms with Crippen LogP contribution in [0.4, 0.5) is 10.1 Å². The van der Waals surface area contributed by atoms with Crippen molar-refractivity contribution in [1.82, 2.24) is 0 Å². The fourth-order valence-corrected chi connectivity index (χ4v) is 1.93. The minimum atomic E-state index is -0.211. The van der Waals surface area contributed by atoms with E-state index in [1.165, 1.54) is 6.07 Å². The van der Waals surface area contributed by atoms with Gasteiger partial charge < -0.3 is 20.1 Å². The lowest BCUT2D eigenvalue weighted by Crippen LogP contribution is -2.28. The molecule has 4 nitrogen and oxygen atoms in total. The van der Waals surface area contributed by atoms with E-state index in [4.69, 9.17) is 15.2 Å². The van der Waals surface area contributed by atoms with Gasteiger partial charge in [0.25, 0.3) is 0 Å². The second kappa shape index (κ2) is 10.6. The molecule has 0 heterocycles. The summed E-state index contributed by atoms with van der Waals surface area (Å²) in [5.41, 5.74) is 6.45. The highest BCUT2D eigenvalue weighted by Gasteiger charge is 2.06. The van der Waals surface area contributed by atoms with E-state index < -0.39 is 0 Å². The Morgan fingerprint density at radius 2 is 1.95 bits per heavy atom. The topological polar surface area (TPSA) is 47.7 Å². The molecule has 2 N–H and O–H groups in total. The van der Waals surface area contributed by atoms with Gasteiger partial charge in [0.05, 0.1) is 13.2 Å². The summed E-state index contributed by atoms with van der Waals surface area (Å²) in [4.78, 5) is 2.15. The van der Waals surface area contributed by atoms with E-state index in [9.17, 15) is 4.39 Å². The average Bonchev–Trinajstić information content (AvgIpc) is 2.45. The number of rotatable bonds is 11. The van der Waals surface area contributed by atoms with E-state index in [0.29, 0.717) is 26.4 Å². The Balaban J connectivity index is 2.40. The lowest BCUT2D eigenvalue weighted by Gasteiger charge is -2.24. The van der Waals surface area contributed by atoms with E-state index >= 15 is 0 Å². The molecule has 0 spiro atoms. The summed E-state index contributed by atoms with van der Waals surface area (Å²) in [6, 6.07) is 6.67. The highest BCUT2D eigenvalue weighted by Crippen LogP contribution is 2.16. The molecule has 0 saturated carbocycles. The van der Waals surface area contributed by atoms with Gasteiger partial charge in [-0.1, -0.05) is 6.07 Å². The summed E-state index contributed by atoms with van der Waals surface area (Å²) in [5, 5.41) is 0. The predicted octanol–water partition coefficient (Wildman–Crippen LogP) is 2.03. The number of hydrogen-bond acceptors (Lipinski definition) is 4. The summed E-state index contributed by atoms with van der Waals surface area (Å²) in [5.74, 6) is -0.211. The first-order valence-electron chi connectivity index (χ1n) is 7.05. The van der Waals surface area contributed by atoms with Gasteiger partial charge in [-0.2, -0.15) is 0 Å². The third-order valence-corrected chi connectivity index (χ3v) is 2.95. The summed E-state index contributed by atoms with van der Waals surface area (Å²) < 4.78 is 23.6. The number of halogens is 1. The van der Waals surface area contributed by atoms with Crippen molar-refractivity contribution in [2.24, 2.45) is 5.73 Å². The monoisotopic (exact) mass is 284 g/mol. The van der Waals surface area contributed by atoms with E-state index in [2.05, 4.69) is 4.90 Å². The Kier molecular flexibility index (Phi) is 8.95. The molecule has 0 amide bonds. The Morgan fingerprint density at radius 1 is 1.15 bits per heavy atom. The Labute approximate surface area is 120 Å². The zero-order valence-corrected chi connectivity index (χ0v) is 12.2. The number of ether oxygens (including phenoxy) is 2. The molecule has 0 saturated heterocycles. The SMILES string of the molecule is COCCOCCCN(CCCN)c1cccc(F)c1. The first-order valence-corrected chi connectivity index (χ1v) is 7.05. The molecule has 0 aliphatic rings. The van der Waals surface area contributed by atoms with Crippen LogP contribution in [0.1, 0.15) is 12.8 Å². The predicted molar refractivity (Wildman–Crippen MR) is 79.6 cm³/mol. The molecule has 1 aromatic carbocycles. The van der Waals surface area contributed by atoms with Crippen molar-refractivity contribution < 1.29 is 13.9 Å². The molecule has 114 valence electrons. The fourth-order valence-electron chi connectivity index (χ4n) is 1.93. The summed E-state index contributed by atoms with van der Waals surface area (Å²) in [7, 11) is 1.65. The molecule has 0 aliphatic heterocycles. The lowest BCUT2D eigenvalue weighted by atomic mass is 10.2. The third-order valence-electron chi connectivity index (χ3n) is 2.95. The number of methoxy groups -OCH3 is 1. The van der Waals surface area contributed by atoms with Crippen LogP contribution in [0.15, 0.2) is 24.3 Å². The molecule has 0 aromatic heterocycles. The highest BCUT2D eigenvalue weighted by molar-refractivity contribution is 5.46. The van der Waals surface area contributed by atoms with Crippen LogP contribution in [-0.4, -0.2) is 46.6 Å². The van der Waals surface area contributed by atoms with Crippen LogP contribution in [0.25, 0.3) is 0 Å². The minimum Gasteiger partial charge on any atom is -0.382 e. The van der Waals surface area contributed by atoms with Crippen molar-refractivity contribution in [1.29, 1.82) is 0 Å². The number of nitrogens with two attached hydrogens (primary N) is 1. The van der Waals surface area contributed by atoms with Crippen molar-refractivity contribution in [3.63, 3.8) is 0 Å². The van der Waals surface area contributed by atoms with Gasteiger partial charge in [-0.3, -0.25) is 0 Å². The molecule has 0 bridgehead atoms. The molecule has 0 fully saturated rings. The molecular formula is C15H25FN2O2. The number of anilines is 1. The largest absolute Gasteiger partial charge is 0.382 e. The quantitative estimate of drug-likeness (QED) is 0.632. The highest BCUT2D eigenvalue weighted by atomic mass is 19.1. The van der Waals surface area contributed by atoms with Gasteiger partial charge in [-0.05, 0) is 37.6 Å². The lowest BCUT2D eigenvalue weighted by molar-refractivity contribution is 0.0700. The molecule has 0 atom stereocenters. The standard InChI is InChI=1S/C15H25FN2O2/c1-19-11-12-20-10-4-9-18(8-3-7-17)15-6-2-5-14(16)13-15/h2,5-6,13H,3-4,7-12,17H2,1H3. The molecule has 1 aromatic rings. The van der Waals surface area contributed by atoms with Gasteiger partial charge in [0, 0.05) is 32.5 Å². The van der Waals surface area contributed by atoms with Crippen LogP contribution in [0.3, 0.4) is 0 Å². The van der Waals surface area contributed by atoms with Crippen LogP contribution in [0.5, 0.6) is 0 Å². The van der Waals surface area contributed by atoms with Gasteiger partial charge in [-0.15, -0.1) is 0 Å². The van der Waals surface area contributed by atoms with Crippen LogP contribution in [0.2, 0.25) is 0 Å². The molecular weight excluding hydrogens is 259 g/mol. The maximum atomic E-state index is 13.3. The van der Waals surface area contributed by atoms with Crippen LogP contribution in [0, 0.1) is 5.82 Å². The van der Waals surface area contributed by atoms with Gasteiger partial charge in [0.2, 0.25) is 0 Å². The van der Waals surface area contributed by atoms with Crippen molar-refractivity contribution >= 4 is 5.69 Å². The maximum Gasteiger partial charge on any atom is 0.125 e. The van der Waals surface area contributed by atoms with Crippen molar-refractivity contribution in [3.05, 3.63) is 30.1 Å². The third kappa shape index (κ3) is 6.84. The van der Waals surface area contributed by atoms with Crippen molar-refractivity contribution in [2.45, 2.75) is 12.8 Å². The Bertz CT molecular complexity index is 363. The van der Waals surface area contributed by atoms with Gasteiger partial charge in [0.15, 0.2) is 0 Å². The zero-order chi connectivity index (χ0) is 14.6. The van der Waals surface area contributed by atoms with Gasteiger partial charge >= 0.3 is 0 Å². The van der Waals surface area contributed by atoms with E-state index in [-0.39, 0.29) is 5.82 Å². The normalized spacial score (nSPS) is 10.8. The first kappa shape index (κ1) is 16.9. The van der Waals surface area contributed by atoms with Crippen molar-refractivity contribution in [3.8, 4) is 0 Å². The van der Waals surface area contributed by atoms with Crippen LogP contribution < -0.4 is 10.6 Å². The van der Waals surface area contributed by atoms with Crippen LogP contribution in [-0.2, 0) is 9.47 Å². The minimum absolute atomic E-state index is 0.211. The van der Waals surface area contributed by atoms with Gasteiger partial charge in [-0.25, -0.2) is 4.39 Å². The number of hydrogen-bond donors (Lipinski definition) is 1. The average molecular weight is 284 g/mol. The Hall–Kier alpha value is -1.17. The van der Waals surface area contributed by atoms with Crippen molar-refractivity contribution in [2.75, 3.05) is 51.5 Å². The number of benzene rings is 1. The first-order chi connectivity index (χ1) is 9.77. The molecule has 0 radical (unpaired) electrons. The molecule has 0 unspecified atom stereocenters. The van der Waals surface area contributed by atoms with E-state index in [1.807, 2.05) is 6.07 Å². The second-order valence-electron chi connectivity index (χ2n) is 4.57. The van der Waals surface area contributed by atoms with Gasteiger partial charge in [0.1, 0.15) is 5.82 Å². The summed E-state index contributed by atoms with van der Waals surface area (Å²) in [6.07, 6.45) is 1.78.